The molecule has 0 aliphatic carbocycles. The van der Waals surface area contributed by atoms with Crippen LogP contribution in [0.4, 0.5) is 0 Å². The number of rotatable bonds is 4. The quantitative estimate of drug-likeness (QED) is 0.370. The lowest BCUT2D eigenvalue weighted by atomic mass is 9.93. The first-order chi connectivity index (χ1) is 7.31. The monoisotopic (exact) mass is 249 g/mol. The lowest BCUT2D eigenvalue weighted by Gasteiger charge is -2.24. The Kier molecular flexibility index (Phi) is 3.98. The fraction of sp³-hybridized carbons (Fsp3) is 0.500. The average Bonchev–Trinajstić information content (AvgIpc) is 2.15. The molecule has 0 unspecified atom stereocenters. The van der Waals surface area contributed by atoms with Gasteiger partial charge in [-0.05, 0) is 0 Å². The molecule has 0 spiro atoms. The highest BCUT2D eigenvalue weighted by Gasteiger charge is 2.35. The molecule has 0 aromatic carbocycles. The summed E-state index contributed by atoms with van der Waals surface area (Å²) >= 11 is 0. The summed E-state index contributed by atoms with van der Waals surface area (Å²) in [7, 11) is -4.45. The van der Waals surface area contributed by atoms with Crippen molar-refractivity contribution >= 4 is 19.3 Å². The van der Waals surface area contributed by atoms with Crippen molar-refractivity contribution in [1.82, 2.24) is 5.32 Å². The summed E-state index contributed by atoms with van der Waals surface area (Å²) in [6, 6.07) is -1.12. The summed E-state index contributed by atoms with van der Waals surface area (Å²) in [5.41, 5.74) is 0. The summed E-state index contributed by atoms with van der Waals surface area (Å²) in [4.78, 5) is 39.6. The van der Waals surface area contributed by atoms with Gasteiger partial charge in [0.05, 0.1) is 5.92 Å². The molecule has 0 aromatic rings. The molecule has 0 saturated heterocycles. The van der Waals surface area contributed by atoms with E-state index < -0.39 is 37.5 Å². The predicted molar refractivity (Wildman–Crippen MR) is 54.0 cm³/mol. The zero-order valence-electron chi connectivity index (χ0n) is 8.24. The molecule has 0 amide bonds. The highest BCUT2D eigenvalue weighted by atomic mass is 31.2. The maximum Gasteiger partial charge on any atom is 0.332 e. The van der Waals surface area contributed by atoms with Gasteiger partial charge in [0.15, 0.2) is 5.78 Å². The third kappa shape index (κ3) is 3.53. The summed E-state index contributed by atoms with van der Waals surface area (Å²) in [5.74, 6) is -3.02. The van der Waals surface area contributed by atoms with Gasteiger partial charge in [-0.15, -0.1) is 0 Å². The van der Waals surface area contributed by atoms with Crippen molar-refractivity contribution in [2.24, 2.45) is 5.92 Å². The Bertz CT molecular complexity index is 373. The fourth-order valence-electron chi connectivity index (χ4n) is 1.49. The lowest BCUT2D eigenvalue weighted by Crippen LogP contribution is -2.48. The van der Waals surface area contributed by atoms with Crippen molar-refractivity contribution in [3.05, 3.63) is 12.2 Å². The van der Waals surface area contributed by atoms with Gasteiger partial charge in [-0.25, -0.2) is 0 Å². The molecule has 0 radical (unpaired) electrons. The standard InChI is InChI=1S/C8H12NO6P/c10-6(4-16(13,14)15)5-2-1-3-9-7(5)8(11)12/h1-2,5,7,9H,3-4H2,(H,11,12)(H2,13,14,15)/t5-,7-/m1/s1. The number of carbonyl (C=O) groups excluding carboxylic acids is 1. The number of aliphatic carboxylic acids is 1. The van der Waals surface area contributed by atoms with Crippen molar-refractivity contribution in [3.8, 4) is 0 Å². The second-order valence-corrected chi connectivity index (χ2v) is 5.11. The summed E-state index contributed by atoms with van der Waals surface area (Å²) < 4.78 is 10.6. The Balaban J connectivity index is 2.80. The normalized spacial score (nSPS) is 25.4. The maximum absolute atomic E-state index is 11.5. The molecular weight excluding hydrogens is 237 g/mol. The number of hydrogen-bond donors (Lipinski definition) is 4. The first kappa shape index (κ1) is 13.1. The molecule has 2 atom stereocenters. The Hall–Kier alpha value is -1.01. The number of carboxylic acid groups (broad SMARTS) is 1. The molecular formula is C8H12NO6P. The van der Waals surface area contributed by atoms with Crippen molar-refractivity contribution < 1.29 is 29.0 Å². The number of nitrogens with one attached hydrogen (secondary N) is 1. The van der Waals surface area contributed by atoms with E-state index in [9.17, 15) is 14.2 Å². The molecule has 8 heteroatoms. The van der Waals surface area contributed by atoms with E-state index in [1.165, 1.54) is 6.08 Å². The van der Waals surface area contributed by atoms with E-state index >= 15 is 0 Å². The zero-order valence-corrected chi connectivity index (χ0v) is 9.13. The molecule has 1 heterocycles. The molecule has 0 aromatic heterocycles. The topological polar surface area (TPSA) is 124 Å². The van der Waals surface area contributed by atoms with Crippen LogP contribution in [0.5, 0.6) is 0 Å². The Morgan fingerprint density at radius 1 is 1.44 bits per heavy atom. The van der Waals surface area contributed by atoms with Crippen LogP contribution in [0.1, 0.15) is 0 Å². The van der Waals surface area contributed by atoms with Gasteiger partial charge < -0.3 is 20.2 Å². The largest absolute Gasteiger partial charge is 0.480 e. The van der Waals surface area contributed by atoms with E-state index in [-0.39, 0.29) is 0 Å². The first-order valence-electron chi connectivity index (χ1n) is 4.51. The predicted octanol–water partition coefficient (Wildman–Crippen LogP) is -1.04. The van der Waals surface area contributed by atoms with Gasteiger partial charge in [-0.3, -0.25) is 14.2 Å². The number of carboxylic acids is 1. The number of hydrogen-bond acceptors (Lipinski definition) is 4. The van der Waals surface area contributed by atoms with Gasteiger partial charge >= 0.3 is 13.6 Å². The Morgan fingerprint density at radius 3 is 2.56 bits per heavy atom. The maximum atomic E-state index is 11.5. The third-order valence-electron chi connectivity index (χ3n) is 2.16. The summed E-state index contributed by atoms with van der Waals surface area (Å²) in [6.45, 7) is 0.316. The van der Waals surface area contributed by atoms with E-state index in [2.05, 4.69) is 5.32 Å². The van der Waals surface area contributed by atoms with Crippen LogP contribution in [0.15, 0.2) is 12.2 Å². The second kappa shape index (κ2) is 4.88. The molecule has 16 heavy (non-hydrogen) atoms. The van der Waals surface area contributed by atoms with E-state index in [0.29, 0.717) is 6.54 Å². The van der Waals surface area contributed by atoms with Crippen molar-refractivity contribution in [3.63, 3.8) is 0 Å². The lowest BCUT2D eigenvalue weighted by molar-refractivity contribution is -0.142. The zero-order chi connectivity index (χ0) is 12.3. The molecule has 0 saturated carbocycles. The van der Waals surface area contributed by atoms with Crippen LogP contribution in [-0.4, -0.2) is 45.4 Å². The molecule has 7 nitrogen and oxygen atoms in total. The van der Waals surface area contributed by atoms with Crippen LogP contribution < -0.4 is 5.32 Å². The van der Waals surface area contributed by atoms with Crippen LogP contribution in [0.25, 0.3) is 0 Å². The van der Waals surface area contributed by atoms with Gasteiger partial charge in [0.2, 0.25) is 0 Å². The Morgan fingerprint density at radius 2 is 2.06 bits per heavy atom. The van der Waals surface area contributed by atoms with Crippen LogP contribution in [0.2, 0.25) is 0 Å². The molecule has 90 valence electrons. The molecule has 1 aliphatic heterocycles. The summed E-state index contributed by atoms with van der Waals surface area (Å²) in [5, 5.41) is 11.4. The molecule has 0 fully saturated rings. The number of ketones is 1. The molecule has 1 aliphatic rings. The fourth-order valence-corrected chi connectivity index (χ4v) is 2.11. The SMILES string of the molecule is O=C(CP(=O)(O)O)[C@H]1C=CCN[C@H]1C(=O)O. The van der Waals surface area contributed by atoms with E-state index in [0.717, 1.165) is 0 Å². The highest BCUT2D eigenvalue weighted by Crippen LogP contribution is 2.35. The minimum absolute atomic E-state index is 0.316. The van der Waals surface area contributed by atoms with Gasteiger partial charge in [0.25, 0.3) is 0 Å². The first-order valence-corrected chi connectivity index (χ1v) is 6.31. The van der Waals surface area contributed by atoms with Crippen LogP contribution >= 0.6 is 7.60 Å². The smallest absolute Gasteiger partial charge is 0.332 e. The van der Waals surface area contributed by atoms with E-state index in [1.54, 1.807) is 6.08 Å². The van der Waals surface area contributed by atoms with Gasteiger partial charge in [-0.2, -0.15) is 0 Å². The van der Waals surface area contributed by atoms with E-state index in [4.69, 9.17) is 14.9 Å². The van der Waals surface area contributed by atoms with Gasteiger partial charge in [0, 0.05) is 6.54 Å². The molecule has 0 bridgehead atoms. The summed E-state index contributed by atoms with van der Waals surface area (Å²) in [6.07, 6.45) is 1.99. The highest BCUT2D eigenvalue weighted by molar-refractivity contribution is 7.52. The average molecular weight is 249 g/mol. The van der Waals surface area contributed by atoms with Gasteiger partial charge in [-0.1, -0.05) is 12.2 Å². The van der Waals surface area contributed by atoms with Crippen LogP contribution in [0.3, 0.4) is 0 Å². The van der Waals surface area contributed by atoms with Crippen LogP contribution in [-0.2, 0) is 14.2 Å². The Labute approximate surface area is 91.3 Å². The second-order valence-electron chi connectivity index (χ2n) is 3.47. The number of carbonyl (C=O) groups is 2. The van der Waals surface area contributed by atoms with Crippen molar-refractivity contribution in [1.29, 1.82) is 0 Å². The minimum atomic E-state index is -4.45. The molecule has 1 rings (SSSR count). The number of Topliss-reactive ketones (excluding diaryl/α,β-unsaturated/α-hetero) is 1. The van der Waals surface area contributed by atoms with Crippen molar-refractivity contribution in [2.75, 3.05) is 12.7 Å². The third-order valence-corrected chi connectivity index (χ3v) is 2.88. The van der Waals surface area contributed by atoms with Gasteiger partial charge in [0.1, 0.15) is 12.2 Å². The van der Waals surface area contributed by atoms with Crippen molar-refractivity contribution in [2.45, 2.75) is 6.04 Å². The van der Waals surface area contributed by atoms with Crippen LogP contribution in [0, 0.1) is 5.92 Å². The molecule has 4 N–H and O–H groups in total. The minimum Gasteiger partial charge on any atom is -0.480 e. The van der Waals surface area contributed by atoms with E-state index in [1.807, 2.05) is 0 Å².